The van der Waals surface area contributed by atoms with Crippen LogP contribution in [-0.4, -0.2) is 25.4 Å². The molecule has 1 rings (SSSR count). The van der Waals surface area contributed by atoms with Crippen LogP contribution < -0.4 is 10.0 Å². The van der Waals surface area contributed by atoms with E-state index in [1.165, 1.54) is 5.75 Å². The minimum atomic E-state index is 0.699. The standard InChI is InChI=1S/C4H10N2S/c1-5-4-2-6-7-3-4/h4-6H,2-3H2,1H3. The highest BCUT2D eigenvalue weighted by atomic mass is 32.2. The molecule has 1 aliphatic heterocycles. The van der Waals surface area contributed by atoms with Gasteiger partial charge in [0.25, 0.3) is 0 Å². The predicted octanol–water partition coefficient (Wildman–Crippen LogP) is -0.174. The Morgan fingerprint density at radius 1 is 1.86 bits per heavy atom. The lowest BCUT2D eigenvalue weighted by Crippen LogP contribution is -2.29. The van der Waals surface area contributed by atoms with Gasteiger partial charge >= 0.3 is 0 Å². The van der Waals surface area contributed by atoms with Crippen molar-refractivity contribution in [2.75, 3.05) is 19.3 Å². The van der Waals surface area contributed by atoms with Crippen molar-refractivity contribution in [3.8, 4) is 0 Å². The summed E-state index contributed by atoms with van der Waals surface area (Å²) in [5.74, 6) is 1.20. The molecule has 0 aromatic rings. The summed E-state index contributed by atoms with van der Waals surface area (Å²) in [6.45, 7) is 1.11. The Labute approximate surface area is 48.2 Å². The SMILES string of the molecule is CNC1CNSC1. The Kier molecular flexibility index (Phi) is 1.97. The van der Waals surface area contributed by atoms with Gasteiger partial charge in [0.15, 0.2) is 0 Å². The van der Waals surface area contributed by atoms with E-state index in [2.05, 4.69) is 10.0 Å². The molecule has 1 fully saturated rings. The monoisotopic (exact) mass is 118 g/mol. The molecule has 0 saturated carbocycles. The van der Waals surface area contributed by atoms with Gasteiger partial charge in [-0.25, -0.2) is 0 Å². The average molecular weight is 118 g/mol. The molecule has 42 valence electrons. The van der Waals surface area contributed by atoms with Gasteiger partial charge < -0.3 is 5.32 Å². The summed E-state index contributed by atoms with van der Waals surface area (Å²) in [5, 5.41) is 3.18. The van der Waals surface area contributed by atoms with Gasteiger partial charge in [-0.15, -0.1) is 0 Å². The molecule has 0 radical (unpaired) electrons. The molecule has 0 amide bonds. The van der Waals surface area contributed by atoms with E-state index in [9.17, 15) is 0 Å². The zero-order chi connectivity index (χ0) is 5.11. The maximum atomic E-state index is 3.18. The Morgan fingerprint density at radius 2 is 2.71 bits per heavy atom. The van der Waals surface area contributed by atoms with Crippen LogP contribution in [0.25, 0.3) is 0 Å². The maximum Gasteiger partial charge on any atom is 0.0302 e. The third kappa shape index (κ3) is 1.33. The van der Waals surface area contributed by atoms with Gasteiger partial charge in [0.05, 0.1) is 0 Å². The molecule has 7 heavy (non-hydrogen) atoms. The molecular formula is C4H10N2S. The van der Waals surface area contributed by atoms with Gasteiger partial charge in [0, 0.05) is 18.3 Å². The Bertz CT molecular complexity index is 51.7. The van der Waals surface area contributed by atoms with Crippen molar-refractivity contribution in [2.45, 2.75) is 6.04 Å². The maximum absolute atomic E-state index is 3.18. The van der Waals surface area contributed by atoms with E-state index < -0.39 is 0 Å². The van der Waals surface area contributed by atoms with Crippen LogP contribution in [0.4, 0.5) is 0 Å². The molecule has 0 aromatic carbocycles. The quantitative estimate of drug-likeness (QED) is 0.467. The van der Waals surface area contributed by atoms with Gasteiger partial charge in [-0.1, -0.05) is 11.9 Å². The second-order valence-corrected chi connectivity index (χ2v) is 2.56. The molecule has 3 heteroatoms. The first-order chi connectivity index (χ1) is 3.43. The normalized spacial score (nSPS) is 31.3. The Hall–Kier alpha value is 0.270. The second-order valence-electron chi connectivity index (χ2n) is 1.65. The molecule has 1 saturated heterocycles. The minimum absolute atomic E-state index is 0.699. The van der Waals surface area contributed by atoms with Crippen molar-refractivity contribution in [2.24, 2.45) is 0 Å². The predicted molar refractivity (Wildman–Crippen MR) is 33.3 cm³/mol. The highest BCUT2D eigenvalue weighted by Crippen LogP contribution is 2.04. The molecule has 0 aliphatic carbocycles. The zero-order valence-corrected chi connectivity index (χ0v) is 5.22. The molecule has 0 aromatic heterocycles. The summed E-state index contributed by atoms with van der Waals surface area (Å²) in [5.41, 5.74) is 0. The lowest BCUT2D eigenvalue weighted by atomic mass is 10.4. The van der Waals surface area contributed by atoms with E-state index in [0.29, 0.717) is 6.04 Å². The molecule has 1 unspecified atom stereocenters. The van der Waals surface area contributed by atoms with Crippen LogP contribution in [0.5, 0.6) is 0 Å². The fourth-order valence-electron chi connectivity index (χ4n) is 0.563. The van der Waals surface area contributed by atoms with Gasteiger partial charge in [0.1, 0.15) is 0 Å². The van der Waals surface area contributed by atoms with Gasteiger partial charge in [-0.05, 0) is 7.05 Å². The first kappa shape index (κ1) is 5.41. The summed E-state index contributed by atoms with van der Waals surface area (Å²) in [7, 11) is 2.00. The molecule has 2 nitrogen and oxygen atoms in total. The fraction of sp³-hybridized carbons (Fsp3) is 1.00. The van der Waals surface area contributed by atoms with Gasteiger partial charge in [-0.2, -0.15) is 0 Å². The number of nitrogens with one attached hydrogen (secondary N) is 2. The number of hydrogen-bond donors (Lipinski definition) is 2. The number of likely N-dealkylation sites (N-methyl/N-ethyl adjacent to an activating group) is 1. The van der Waals surface area contributed by atoms with Crippen molar-refractivity contribution >= 4 is 11.9 Å². The van der Waals surface area contributed by atoms with Crippen LogP contribution in [0, 0.1) is 0 Å². The minimum Gasteiger partial charge on any atom is -0.315 e. The summed E-state index contributed by atoms with van der Waals surface area (Å²) in [4.78, 5) is 0. The highest BCUT2D eigenvalue weighted by Gasteiger charge is 2.10. The van der Waals surface area contributed by atoms with Crippen LogP contribution in [-0.2, 0) is 0 Å². The molecule has 1 heterocycles. The lowest BCUT2D eigenvalue weighted by molar-refractivity contribution is 0.637. The highest BCUT2D eigenvalue weighted by molar-refractivity contribution is 7.97. The van der Waals surface area contributed by atoms with Crippen molar-refractivity contribution < 1.29 is 0 Å². The van der Waals surface area contributed by atoms with Crippen LogP contribution in [0.15, 0.2) is 0 Å². The molecular weight excluding hydrogens is 108 g/mol. The van der Waals surface area contributed by atoms with Crippen molar-refractivity contribution in [3.63, 3.8) is 0 Å². The van der Waals surface area contributed by atoms with Crippen molar-refractivity contribution in [3.05, 3.63) is 0 Å². The number of rotatable bonds is 1. The van der Waals surface area contributed by atoms with E-state index >= 15 is 0 Å². The van der Waals surface area contributed by atoms with E-state index in [1.54, 1.807) is 11.9 Å². The third-order valence-corrected chi connectivity index (χ3v) is 2.06. The molecule has 1 atom stereocenters. The first-order valence-corrected chi connectivity index (χ1v) is 3.44. The molecule has 2 N–H and O–H groups in total. The Balaban J connectivity index is 2.14. The topological polar surface area (TPSA) is 24.1 Å². The average Bonchev–Trinajstić information content (AvgIpc) is 2.14. The van der Waals surface area contributed by atoms with Gasteiger partial charge in [0.2, 0.25) is 0 Å². The summed E-state index contributed by atoms with van der Waals surface area (Å²) >= 11 is 1.79. The lowest BCUT2D eigenvalue weighted by Gasteiger charge is -2.01. The van der Waals surface area contributed by atoms with Crippen LogP contribution in [0.2, 0.25) is 0 Å². The first-order valence-electron chi connectivity index (χ1n) is 2.45. The van der Waals surface area contributed by atoms with E-state index in [1.807, 2.05) is 7.05 Å². The smallest absolute Gasteiger partial charge is 0.0302 e. The summed E-state index contributed by atoms with van der Waals surface area (Å²) in [6, 6.07) is 0.699. The van der Waals surface area contributed by atoms with Crippen LogP contribution >= 0.6 is 11.9 Å². The van der Waals surface area contributed by atoms with E-state index in [0.717, 1.165) is 6.54 Å². The zero-order valence-electron chi connectivity index (χ0n) is 4.40. The largest absolute Gasteiger partial charge is 0.315 e. The van der Waals surface area contributed by atoms with Gasteiger partial charge in [-0.3, -0.25) is 4.72 Å². The molecule has 0 bridgehead atoms. The van der Waals surface area contributed by atoms with Crippen molar-refractivity contribution in [1.82, 2.24) is 10.0 Å². The van der Waals surface area contributed by atoms with Crippen molar-refractivity contribution in [1.29, 1.82) is 0 Å². The van der Waals surface area contributed by atoms with Crippen LogP contribution in [0.1, 0.15) is 0 Å². The second kappa shape index (κ2) is 2.55. The number of hydrogen-bond acceptors (Lipinski definition) is 3. The summed E-state index contributed by atoms with van der Waals surface area (Å²) < 4.78 is 3.18. The fourth-order valence-corrected chi connectivity index (χ4v) is 1.49. The molecule has 0 spiro atoms. The summed E-state index contributed by atoms with van der Waals surface area (Å²) in [6.07, 6.45) is 0. The Morgan fingerprint density at radius 3 is 3.00 bits per heavy atom. The molecule has 1 aliphatic rings. The van der Waals surface area contributed by atoms with E-state index in [-0.39, 0.29) is 0 Å². The van der Waals surface area contributed by atoms with Crippen LogP contribution in [0.3, 0.4) is 0 Å². The van der Waals surface area contributed by atoms with E-state index in [4.69, 9.17) is 0 Å². The third-order valence-electron chi connectivity index (χ3n) is 1.12.